The van der Waals surface area contributed by atoms with Crippen molar-refractivity contribution >= 4 is 18.0 Å². The minimum Gasteiger partial charge on any atom is -0.480 e. The number of likely N-dealkylation sites (tertiary alicyclic amines) is 1. The third kappa shape index (κ3) is 3.02. The van der Waals surface area contributed by atoms with Gasteiger partial charge in [-0.05, 0) is 37.0 Å². The summed E-state index contributed by atoms with van der Waals surface area (Å²) in [7, 11) is 0. The molecule has 4 nitrogen and oxygen atoms in total. The maximum Gasteiger partial charge on any atom is 0.326 e. The third-order valence-electron chi connectivity index (χ3n) is 3.41. The smallest absolute Gasteiger partial charge is 0.326 e. The van der Waals surface area contributed by atoms with E-state index in [1.54, 1.807) is 6.08 Å². The first-order valence-electron chi connectivity index (χ1n) is 6.36. The Morgan fingerprint density at radius 2 is 2.11 bits per heavy atom. The molecule has 0 aromatic heterocycles. The summed E-state index contributed by atoms with van der Waals surface area (Å²) in [5, 5.41) is 9.04. The van der Waals surface area contributed by atoms with E-state index in [0.29, 0.717) is 13.0 Å². The van der Waals surface area contributed by atoms with Crippen molar-refractivity contribution in [3.8, 4) is 0 Å². The van der Waals surface area contributed by atoms with Crippen LogP contribution < -0.4 is 0 Å². The summed E-state index contributed by atoms with van der Waals surface area (Å²) < 4.78 is 0. The molecule has 1 amide bonds. The molecular formula is C15H17NO3. The van der Waals surface area contributed by atoms with Gasteiger partial charge in [0.05, 0.1) is 0 Å². The molecule has 0 aliphatic carbocycles. The highest BCUT2D eigenvalue weighted by Crippen LogP contribution is 2.18. The second-order valence-corrected chi connectivity index (χ2v) is 4.72. The highest BCUT2D eigenvalue weighted by atomic mass is 16.4. The molecule has 0 saturated carbocycles. The van der Waals surface area contributed by atoms with Gasteiger partial charge in [0.1, 0.15) is 6.04 Å². The molecular weight excluding hydrogens is 242 g/mol. The van der Waals surface area contributed by atoms with E-state index in [-0.39, 0.29) is 5.91 Å². The standard InChI is InChI=1S/C15H17NO3/c1-11-5-2-3-6-12(11)8-9-14(17)16-10-4-7-13(16)15(18)19/h2-3,5-6,8-9,13H,4,7,10H2,1H3,(H,18,19)/b9-8-/t13-/m1/s1. The molecule has 0 bridgehead atoms. The highest BCUT2D eigenvalue weighted by Gasteiger charge is 2.32. The number of hydrogen-bond donors (Lipinski definition) is 1. The van der Waals surface area contributed by atoms with Gasteiger partial charge in [-0.1, -0.05) is 24.3 Å². The van der Waals surface area contributed by atoms with Gasteiger partial charge in [0, 0.05) is 12.6 Å². The second-order valence-electron chi connectivity index (χ2n) is 4.72. The van der Waals surface area contributed by atoms with Crippen LogP contribution in [0.2, 0.25) is 0 Å². The van der Waals surface area contributed by atoms with Crippen LogP contribution in [0.4, 0.5) is 0 Å². The molecule has 1 saturated heterocycles. The minimum absolute atomic E-state index is 0.229. The summed E-state index contributed by atoms with van der Waals surface area (Å²) in [5.74, 6) is -1.15. The summed E-state index contributed by atoms with van der Waals surface area (Å²) in [5.41, 5.74) is 2.06. The average Bonchev–Trinajstić information content (AvgIpc) is 2.87. The summed E-state index contributed by atoms with van der Waals surface area (Å²) in [6.45, 7) is 2.49. The number of aryl methyl sites for hydroxylation is 1. The number of amides is 1. The summed E-state index contributed by atoms with van der Waals surface area (Å²) in [6.07, 6.45) is 4.50. The monoisotopic (exact) mass is 259 g/mol. The summed E-state index contributed by atoms with van der Waals surface area (Å²) in [4.78, 5) is 24.5. The van der Waals surface area contributed by atoms with Crippen LogP contribution in [-0.4, -0.2) is 34.5 Å². The quantitative estimate of drug-likeness (QED) is 0.845. The van der Waals surface area contributed by atoms with Gasteiger partial charge in [0.15, 0.2) is 0 Å². The van der Waals surface area contributed by atoms with Crippen molar-refractivity contribution in [2.75, 3.05) is 6.54 Å². The van der Waals surface area contributed by atoms with Crippen LogP contribution in [0.25, 0.3) is 6.08 Å². The molecule has 100 valence electrons. The Bertz CT molecular complexity index is 522. The lowest BCUT2D eigenvalue weighted by atomic mass is 10.1. The van der Waals surface area contributed by atoms with E-state index in [1.165, 1.54) is 11.0 Å². The number of carboxylic acid groups (broad SMARTS) is 1. The lowest BCUT2D eigenvalue weighted by molar-refractivity contribution is -0.146. The number of carbonyl (C=O) groups excluding carboxylic acids is 1. The number of nitrogens with zero attached hydrogens (tertiary/aromatic N) is 1. The fourth-order valence-corrected chi connectivity index (χ4v) is 2.32. The predicted molar refractivity (Wildman–Crippen MR) is 72.6 cm³/mol. The van der Waals surface area contributed by atoms with Gasteiger partial charge in [-0.15, -0.1) is 0 Å². The zero-order valence-electron chi connectivity index (χ0n) is 10.9. The van der Waals surface area contributed by atoms with Gasteiger partial charge >= 0.3 is 5.97 Å². The van der Waals surface area contributed by atoms with Crippen molar-refractivity contribution in [3.05, 3.63) is 41.5 Å². The predicted octanol–water partition coefficient (Wildman–Crippen LogP) is 2.08. The molecule has 4 heteroatoms. The second kappa shape index (κ2) is 5.69. The topological polar surface area (TPSA) is 57.6 Å². The minimum atomic E-state index is -0.921. The maximum absolute atomic E-state index is 12.0. The van der Waals surface area contributed by atoms with E-state index in [0.717, 1.165) is 17.5 Å². The van der Waals surface area contributed by atoms with Crippen molar-refractivity contribution in [2.24, 2.45) is 0 Å². The van der Waals surface area contributed by atoms with Crippen molar-refractivity contribution in [1.29, 1.82) is 0 Å². The summed E-state index contributed by atoms with van der Waals surface area (Å²) in [6, 6.07) is 7.08. The Kier molecular flexibility index (Phi) is 4.00. The summed E-state index contributed by atoms with van der Waals surface area (Å²) >= 11 is 0. The number of hydrogen-bond acceptors (Lipinski definition) is 2. The van der Waals surface area contributed by atoms with Crippen LogP contribution in [-0.2, 0) is 9.59 Å². The third-order valence-corrected chi connectivity index (χ3v) is 3.41. The van der Waals surface area contributed by atoms with Crippen LogP contribution in [0.5, 0.6) is 0 Å². The van der Waals surface area contributed by atoms with Crippen molar-refractivity contribution in [2.45, 2.75) is 25.8 Å². The molecule has 1 aromatic carbocycles. The molecule has 1 aliphatic heterocycles. The van der Waals surface area contributed by atoms with E-state index in [9.17, 15) is 9.59 Å². The van der Waals surface area contributed by atoms with Gasteiger partial charge in [-0.2, -0.15) is 0 Å². The number of carbonyl (C=O) groups is 2. The van der Waals surface area contributed by atoms with E-state index >= 15 is 0 Å². The van der Waals surface area contributed by atoms with Crippen LogP contribution in [0, 0.1) is 6.92 Å². The first-order valence-corrected chi connectivity index (χ1v) is 6.36. The van der Waals surface area contributed by atoms with Crippen LogP contribution in [0.1, 0.15) is 24.0 Å². The Balaban J connectivity index is 2.09. The number of benzene rings is 1. The molecule has 1 fully saturated rings. The Labute approximate surface area is 112 Å². The van der Waals surface area contributed by atoms with Crippen LogP contribution in [0.15, 0.2) is 30.3 Å². The fourth-order valence-electron chi connectivity index (χ4n) is 2.32. The Morgan fingerprint density at radius 1 is 1.37 bits per heavy atom. The molecule has 1 aromatic rings. The van der Waals surface area contributed by atoms with Crippen molar-refractivity contribution < 1.29 is 14.7 Å². The molecule has 1 heterocycles. The van der Waals surface area contributed by atoms with Crippen molar-refractivity contribution in [1.82, 2.24) is 4.90 Å². The fraction of sp³-hybridized carbons (Fsp3) is 0.333. The number of rotatable bonds is 3. The molecule has 19 heavy (non-hydrogen) atoms. The molecule has 1 atom stereocenters. The average molecular weight is 259 g/mol. The van der Waals surface area contributed by atoms with Gasteiger partial charge < -0.3 is 10.0 Å². The molecule has 1 aliphatic rings. The zero-order valence-corrected chi connectivity index (χ0v) is 10.9. The SMILES string of the molecule is Cc1ccccc1/C=C\C(=O)N1CCC[C@@H]1C(=O)O. The molecule has 1 N–H and O–H groups in total. The maximum atomic E-state index is 12.0. The van der Waals surface area contributed by atoms with Gasteiger partial charge in [-0.25, -0.2) is 4.79 Å². The first kappa shape index (κ1) is 13.3. The van der Waals surface area contributed by atoms with Crippen LogP contribution >= 0.6 is 0 Å². The Hall–Kier alpha value is -2.10. The van der Waals surface area contributed by atoms with Crippen molar-refractivity contribution in [3.63, 3.8) is 0 Å². The lowest BCUT2D eigenvalue weighted by Gasteiger charge is -2.19. The largest absolute Gasteiger partial charge is 0.480 e. The van der Waals surface area contributed by atoms with Gasteiger partial charge in [0.2, 0.25) is 5.91 Å². The highest BCUT2D eigenvalue weighted by molar-refractivity contribution is 5.94. The molecule has 0 spiro atoms. The van der Waals surface area contributed by atoms with E-state index in [4.69, 9.17) is 5.11 Å². The first-order chi connectivity index (χ1) is 9.09. The number of carboxylic acids is 1. The normalized spacial score (nSPS) is 19.0. The van der Waals surface area contributed by atoms with E-state index in [2.05, 4.69) is 0 Å². The van der Waals surface area contributed by atoms with Gasteiger partial charge in [0.25, 0.3) is 0 Å². The van der Waals surface area contributed by atoms with Crippen LogP contribution in [0.3, 0.4) is 0 Å². The van der Waals surface area contributed by atoms with E-state index < -0.39 is 12.0 Å². The molecule has 0 radical (unpaired) electrons. The van der Waals surface area contributed by atoms with E-state index in [1.807, 2.05) is 31.2 Å². The number of aliphatic carboxylic acids is 1. The Morgan fingerprint density at radius 3 is 2.79 bits per heavy atom. The zero-order chi connectivity index (χ0) is 13.8. The lowest BCUT2D eigenvalue weighted by Crippen LogP contribution is -2.39. The molecule has 0 unspecified atom stereocenters. The van der Waals surface area contributed by atoms with Gasteiger partial charge in [-0.3, -0.25) is 4.79 Å². The molecule has 2 rings (SSSR count).